The molecule has 1 aliphatic heterocycles. The Morgan fingerprint density at radius 2 is 1.73 bits per heavy atom. The van der Waals surface area contributed by atoms with Crippen molar-refractivity contribution >= 4 is 29.9 Å². The molecule has 6 nitrogen and oxygen atoms in total. The monoisotopic (exact) mass is 530 g/mol. The summed E-state index contributed by atoms with van der Waals surface area (Å²) in [6.45, 7) is 8.95. The van der Waals surface area contributed by atoms with Crippen molar-refractivity contribution in [2.24, 2.45) is 4.99 Å². The molecule has 0 bridgehead atoms. The molecule has 2 N–H and O–H groups in total. The molecule has 1 saturated heterocycles. The quantitative estimate of drug-likeness (QED) is 0.306. The van der Waals surface area contributed by atoms with Crippen LogP contribution in [0.3, 0.4) is 0 Å². The van der Waals surface area contributed by atoms with Crippen LogP contribution in [-0.2, 0) is 22.6 Å². The summed E-state index contributed by atoms with van der Waals surface area (Å²) in [5.41, 5.74) is 2.69. The number of hydrogen-bond donors (Lipinski definition) is 2. The average molecular weight is 530 g/mol. The number of rotatable bonds is 8. The first-order valence-electron chi connectivity index (χ1n) is 11.2. The SMILES string of the molecule is CCOCc1ccc(CNC(=NC)NCC2(N3CCOCC3)CCCCC2)cc1.I. The molecule has 0 spiro atoms. The summed E-state index contributed by atoms with van der Waals surface area (Å²) < 4.78 is 11.1. The molecule has 0 aromatic heterocycles. The second kappa shape index (κ2) is 13.5. The van der Waals surface area contributed by atoms with Gasteiger partial charge in [0.2, 0.25) is 0 Å². The zero-order valence-electron chi connectivity index (χ0n) is 18.6. The summed E-state index contributed by atoms with van der Waals surface area (Å²) >= 11 is 0. The number of guanidine groups is 1. The molecule has 0 unspecified atom stereocenters. The molecule has 0 radical (unpaired) electrons. The molecule has 2 aliphatic rings. The first kappa shape index (κ1) is 25.4. The molecule has 0 amide bonds. The normalized spacial score (nSPS) is 19.7. The largest absolute Gasteiger partial charge is 0.379 e. The fourth-order valence-electron chi connectivity index (χ4n) is 4.48. The highest BCUT2D eigenvalue weighted by Crippen LogP contribution is 2.33. The fourth-order valence-corrected chi connectivity index (χ4v) is 4.48. The second-order valence-electron chi connectivity index (χ2n) is 8.12. The smallest absolute Gasteiger partial charge is 0.191 e. The molecule has 1 heterocycles. The molecule has 1 aromatic carbocycles. The average Bonchev–Trinajstić information content (AvgIpc) is 2.80. The summed E-state index contributed by atoms with van der Waals surface area (Å²) in [5, 5.41) is 7.10. The molecule has 7 heteroatoms. The van der Waals surface area contributed by atoms with Gasteiger partial charge in [0.25, 0.3) is 0 Å². The number of aliphatic imine (C=N–C) groups is 1. The minimum atomic E-state index is 0. The van der Waals surface area contributed by atoms with E-state index < -0.39 is 0 Å². The lowest BCUT2D eigenvalue weighted by Crippen LogP contribution is -2.60. The van der Waals surface area contributed by atoms with Gasteiger partial charge in [-0.3, -0.25) is 9.89 Å². The Morgan fingerprint density at radius 1 is 1.07 bits per heavy atom. The Bertz CT molecular complexity index is 627. The molecule has 0 atom stereocenters. The summed E-state index contributed by atoms with van der Waals surface area (Å²) in [4.78, 5) is 7.11. The van der Waals surface area contributed by atoms with Gasteiger partial charge >= 0.3 is 0 Å². The van der Waals surface area contributed by atoms with Crippen molar-refractivity contribution in [2.45, 2.75) is 57.7 Å². The van der Waals surface area contributed by atoms with E-state index in [1.165, 1.54) is 43.2 Å². The first-order valence-corrected chi connectivity index (χ1v) is 11.2. The van der Waals surface area contributed by atoms with Gasteiger partial charge in [-0.25, -0.2) is 0 Å². The van der Waals surface area contributed by atoms with E-state index in [4.69, 9.17) is 9.47 Å². The van der Waals surface area contributed by atoms with Crippen molar-refractivity contribution in [2.75, 3.05) is 46.5 Å². The number of halogens is 1. The van der Waals surface area contributed by atoms with Gasteiger partial charge in [-0.2, -0.15) is 0 Å². The molecule has 1 aliphatic carbocycles. The van der Waals surface area contributed by atoms with E-state index in [2.05, 4.69) is 44.8 Å². The maximum atomic E-state index is 5.59. The van der Waals surface area contributed by atoms with Crippen LogP contribution in [0.2, 0.25) is 0 Å². The second-order valence-corrected chi connectivity index (χ2v) is 8.12. The van der Waals surface area contributed by atoms with Gasteiger partial charge in [0, 0.05) is 45.4 Å². The van der Waals surface area contributed by atoms with E-state index in [1.807, 2.05) is 14.0 Å². The van der Waals surface area contributed by atoms with Crippen molar-refractivity contribution in [3.63, 3.8) is 0 Å². The Morgan fingerprint density at radius 3 is 2.37 bits per heavy atom. The number of hydrogen-bond acceptors (Lipinski definition) is 4. The van der Waals surface area contributed by atoms with Crippen LogP contribution in [0.25, 0.3) is 0 Å². The number of morpholine rings is 1. The van der Waals surface area contributed by atoms with Crippen molar-refractivity contribution in [1.82, 2.24) is 15.5 Å². The van der Waals surface area contributed by atoms with Gasteiger partial charge in [0.15, 0.2) is 5.96 Å². The number of ether oxygens (including phenoxy) is 2. The molecular weight excluding hydrogens is 491 g/mol. The van der Waals surface area contributed by atoms with E-state index in [0.29, 0.717) is 6.61 Å². The molecule has 30 heavy (non-hydrogen) atoms. The van der Waals surface area contributed by atoms with Crippen LogP contribution in [0, 0.1) is 0 Å². The lowest BCUT2D eigenvalue weighted by molar-refractivity contribution is -0.0352. The maximum absolute atomic E-state index is 5.59. The zero-order chi connectivity index (χ0) is 20.4. The standard InChI is InChI=1S/C23H38N4O2.HI/c1-3-28-18-21-9-7-20(8-10-21)17-25-22(24-2)26-19-23(11-5-4-6-12-23)27-13-15-29-16-14-27;/h7-10H,3-6,11-19H2,1-2H3,(H2,24,25,26);1H. The maximum Gasteiger partial charge on any atom is 0.191 e. The van der Waals surface area contributed by atoms with Crippen LogP contribution < -0.4 is 10.6 Å². The number of benzene rings is 1. The summed E-state index contributed by atoms with van der Waals surface area (Å²) in [7, 11) is 1.85. The molecule has 3 rings (SSSR count). The summed E-state index contributed by atoms with van der Waals surface area (Å²) in [6, 6.07) is 8.59. The van der Waals surface area contributed by atoms with Crippen molar-refractivity contribution in [3.8, 4) is 0 Å². The van der Waals surface area contributed by atoms with Gasteiger partial charge in [-0.1, -0.05) is 43.5 Å². The minimum absolute atomic E-state index is 0. The van der Waals surface area contributed by atoms with E-state index in [9.17, 15) is 0 Å². The predicted molar refractivity (Wildman–Crippen MR) is 134 cm³/mol. The van der Waals surface area contributed by atoms with Crippen LogP contribution in [0.4, 0.5) is 0 Å². The first-order chi connectivity index (χ1) is 14.3. The van der Waals surface area contributed by atoms with E-state index >= 15 is 0 Å². The highest BCUT2D eigenvalue weighted by molar-refractivity contribution is 14.0. The number of nitrogens with one attached hydrogen (secondary N) is 2. The predicted octanol–water partition coefficient (Wildman–Crippen LogP) is 3.54. The number of nitrogens with zero attached hydrogens (tertiary/aromatic N) is 2. The van der Waals surface area contributed by atoms with E-state index in [0.717, 1.165) is 52.0 Å². The van der Waals surface area contributed by atoms with Crippen LogP contribution in [0.1, 0.15) is 50.2 Å². The van der Waals surface area contributed by atoms with Crippen LogP contribution in [0.15, 0.2) is 29.3 Å². The van der Waals surface area contributed by atoms with Crippen molar-refractivity contribution in [1.29, 1.82) is 0 Å². The Hall–Kier alpha value is -0.900. The Kier molecular flexibility index (Phi) is 11.4. The van der Waals surface area contributed by atoms with Crippen LogP contribution >= 0.6 is 24.0 Å². The third-order valence-corrected chi connectivity index (χ3v) is 6.23. The van der Waals surface area contributed by atoms with Crippen molar-refractivity contribution < 1.29 is 9.47 Å². The van der Waals surface area contributed by atoms with Crippen LogP contribution in [-0.4, -0.2) is 62.9 Å². The van der Waals surface area contributed by atoms with Crippen molar-refractivity contribution in [3.05, 3.63) is 35.4 Å². The molecular formula is C23H39IN4O2. The topological polar surface area (TPSA) is 58.1 Å². The summed E-state index contributed by atoms with van der Waals surface area (Å²) in [6.07, 6.45) is 6.52. The lowest BCUT2D eigenvalue weighted by Gasteiger charge is -2.48. The van der Waals surface area contributed by atoms with Gasteiger partial charge in [-0.15, -0.1) is 24.0 Å². The third kappa shape index (κ3) is 7.35. The van der Waals surface area contributed by atoms with Gasteiger partial charge < -0.3 is 20.1 Å². The highest BCUT2D eigenvalue weighted by Gasteiger charge is 2.38. The fraction of sp³-hybridized carbons (Fsp3) is 0.696. The third-order valence-electron chi connectivity index (χ3n) is 6.23. The van der Waals surface area contributed by atoms with Gasteiger partial charge in [-0.05, 0) is 30.9 Å². The molecule has 170 valence electrons. The molecule has 1 aromatic rings. The van der Waals surface area contributed by atoms with Crippen LogP contribution in [0.5, 0.6) is 0 Å². The van der Waals surface area contributed by atoms with E-state index in [-0.39, 0.29) is 29.5 Å². The summed E-state index contributed by atoms with van der Waals surface area (Å²) in [5.74, 6) is 0.876. The van der Waals surface area contributed by atoms with Gasteiger partial charge in [0.1, 0.15) is 0 Å². The Balaban J connectivity index is 0.00000320. The van der Waals surface area contributed by atoms with Gasteiger partial charge in [0.05, 0.1) is 19.8 Å². The molecule has 2 fully saturated rings. The minimum Gasteiger partial charge on any atom is -0.379 e. The molecule has 1 saturated carbocycles. The zero-order valence-corrected chi connectivity index (χ0v) is 21.0. The lowest BCUT2D eigenvalue weighted by atomic mass is 9.80. The highest BCUT2D eigenvalue weighted by atomic mass is 127. The Labute approximate surface area is 199 Å². The van der Waals surface area contributed by atoms with E-state index in [1.54, 1.807) is 0 Å².